The minimum absolute atomic E-state index is 0. The van der Waals surface area contributed by atoms with Gasteiger partial charge in [-0.25, -0.2) is 8.42 Å². The lowest BCUT2D eigenvalue weighted by Crippen LogP contribution is -2.47. The van der Waals surface area contributed by atoms with Gasteiger partial charge in [0.25, 0.3) is 10.0 Å². The van der Waals surface area contributed by atoms with E-state index in [-0.39, 0.29) is 22.7 Å². The van der Waals surface area contributed by atoms with Crippen LogP contribution in [-0.4, -0.2) is 45.1 Å². The van der Waals surface area contributed by atoms with Crippen molar-refractivity contribution in [2.24, 2.45) is 5.73 Å². The first-order valence-corrected chi connectivity index (χ1v) is 7.74. The second-order valence-corrected chi connectivity index (χ2v) is 7.53. The molecule has 1 fully saturated rings. The predicted molar refractivity (Wildman–Crippen MR) is 74.1 cm³/mol. The molecule has 2 N–H and O–H groups in total. The Balaban J connectivity index is 0.00000162. The maximum Gasteiger partial charge on any atom is 0.252 e. The number of nitrogens with zero attached hydrogens (tertiary/aromatic N) is 1. The van der Waals surface area contributed by atoms with E-state index >= 15 is 0 Å². The molecule has 1 saturated heterocycles. The van der Waals surface area contributed by atoms with Crippen molar-refractivity contribution in [1.29, 1.82) is 0 Å². The average molecular weight is 333 g/mol. The van der Waals surface area contributed by atoms with E-state index in [1.54, 1.807) is 6.07 Å². The summed E-state index contributed by atoms with van der Waals surface area (Å²) in [6.45, 7) is 1.35. The van der Waals surface area contributed by atoms with Crippen molar-refractivity contribution < 1.29 is 13.2 Å². The molecule has 2 rings (SSSR count). The molecule has 0 spiro atoms. The molecule has 104 valence electrons. The number of hydrogen-bond acceptors (Lipinski definition) is 5. The molecule has 18 heavy (non-hydrogen) atoms. The van der Waals surface area contributed by atoms with Crippen LogP contribution in [0.15, 0.2) is 16.3 Å². The number of hydrogen-bond donors (Lipinski definition) is 1. The summed E-state index contributed by atoms with van der Waals surface area (Å²) in [4.78, 5) is 0. The van der Waals surface area contributed by atoms with E-state index in [2.05, 4.69) is 0 Å². The van der Waals surface area contributed by atoms with Crippen LogP contribution in [0, 0.1) is 0 Å². The first-order chi connectivity index (χ1) is 8.04. The van der Waals surface area contributed by atoms with Crippen molar-refractivity contribution in [3.8, 4) is 0 Å². The van der Waals surface area contributed by atoms with Gasteiger partial charge >= 0.3 is 0 Å². The summed E-state index contributed by atoms with van der Waals surface area (Å²) in [5.41, 5.74) is 5.49. The number of ether oxygens (including phenoxy) is 1. The fourth-order valence-corrected chi connectivity index (χ4v) is 4.71. The van der Waals surface area contributed by atoms with Crippen molar-refractivity contribution in [3.63, 3.8) is 0 Å². The summed E-state index contributed by atoms with van der Waals surface area (Å²) in [6.07, 6.45) is -0.228. The number of thiophene rings is 1. The Morgan fingerprint density at radius 2 is 2.28 bits per heavy atom. The zero-order chi connectivity index (χ0) is 12.5. The van der Waals surface area contributed by atoms with E-state index < -0.39 is 10.0 Å². The maximum absolute atomic E-state index is 12.2. The van der Waals surface area contributed by atoms with Crippen LogP contribution in [0.25, 0.3) is 0 Å². The molecule has 5 nitrogen and oxygen atoms in total. The van der Waals surface area contributed by atoms with Gasteiger partial charge in [-0.3, -0.25) is 0 Å². The highest BCUT2D eigenvalue weighted by molar-refractivity contribution is 7.91. The standard InChI is InChI=1S/C9H13ClN2O3S2.ClH/c10-8-1-2-9(16-8)17(13,14)12-3-4-15-7(5-11)6-12;/h1-2,7H,3-6,11H2;1H. The maximum atomic E-state index is 12.2. The monoisotopic (exact) mass is 332 g/mol. The van der Waals surface area contributed by atoms with Gasteiger partial charge in [0.15, 0.2) is 0 Å². The third-order valence-electron chi connectivity index (χ3n) is 2.51. The molecule has 0 aliphatic carbocycles. The Hall–Kier alpha value is 0.110. The number of morpholine rings is 1. The molecule has 2 heterocycles. The van der Waals surface area contributed by atoms with Gasteiger partial charge in [0, 0.05) is 19.6 Å². The average Bonchev–Trinajstić information content (AvgIpc) is 2.76. The summed E-state index contributed by atoms with van der Waals surface area (Å²) >= 11 is 6.81. The fraction of sp³-hybridized carbons (Fsp3) is 0.556. The largest absolute Gasteiger partial charge is 0.374 e. The van der Waals surface area contributed by atoms with Gasteiger partial charge in [-0.05, 0) is 12.1 Å². The van der Waals surface area contributed by atoms with Crippen molar-refractivity contribution in [1.82, 2.24) is 4.31 Å². The predicted octanol–water partition coefficient (Wildman–Crippen LogP) is 1.17. The Morgan fingerprint density at radius 3 is 2.83 bits per heavy atom. The van der Waals surface area contributed by atoms with Gasteiger partial charge in [-0.1, -0.05) is 11.6 Å². The zero-order valence-corrected chi connectivity index (χ0v) is 12.6. The molecular weight excluding hydrogens is 319 g/mol. The second kappa shape index (κ2) is 6.51. The zero-order valence-electron chi connectivity index (χ0n) is 9.41. The van der Waals surface area contributed by atoms with Gasteiger partial charge in [-0.2, -0.15) is 4.31 Å². The van der Waals surface area contributed by atoms with Crippen molar-refractivity contribution >= 4 is 45.4 Å². The molecule has 1 aliphatic rings. The fourth-order valence-electron chi connectivity index (χ4n) is 1.62. The first-order valence-electron chi connectivity index (χ1n) is 5.11. The minimum Gasteiger partial charge on any atom is -0.374 e. The van der Waals surface area contributed by atoms with E-state index in [0.29, 0.717) is 30.6 Å². The number of nitrogens with two attached hydrogens (primary N) is 1. The molecule has 0 aromatic carbocycles. The van der Waals surface area contributed by atoms with Crippen LogP contribution in [0.5, 0.6) is 0 Å². The molecule has 1 aliphatic heterocycles. The van der Waals surface area contributed by atoms with Gasteiger partial charge in [-0.15, -0.1) is 23.7 Å². The Kier molecular flexibility index (Phi) is 5.85. The van der Waals surface area contributed by atoms with Crippen LogP contribution in [0.4, 0.5) is 0 Å². The molecule has 1 aromatic heterocycles. The number of halogens is 2. The van der Waals surface area contributed by atoms with Crippen molar-refractivity contribution in [3.05, 3.63) is 16.5 Å². The summed E-state index contributed by atoms with van der Waals surface area (Å²) in [5, 5.41) is 0. The Labute approximate surface area is 121 Å². The quantitative estimate of drug-likeness (QED) is 0.901. The van der Waals surface area contributed by atoms with E-state index in [4.69, 9.17) is 22.1 Å². The normalized spacial score (nSPS) is 21.6. The smallest absolute Gasteiger partial charge is 0.252 e. The molecule has 1 atom stereocenters. The minimum atomic E-state index is -3.45. The lowest BCUT2D eigenvalue weighted by molar-refractivity contribution is 0.00456. The summed E-state index contributed by atoms with van der Waals surface area (Å²) in [7, 11) is -3.45. The Morgan fingerprint density at radius 1 is 1.56 bits per heavy atom. The van der Waals surface area contributed by atoms with Crippen LogP contribution in [0.3, 0.4) is 0 Å². The Bertz CT molecular complexity index is 492. The molecule has 9 heteroatoms. The first kappa shape index (κ1) is 16.2. The third-order valence-corrected chi connectivity index (χ3v) is 6.07. The summed E-state index contributed by atoms with van der Waals surface area (Å²) in [6, 6.07) is 3.11. The summed E-state index contributed by atoms with van der Waals surface area (Å²) < 4.78 is 32.0. The molecule has 1 unspecified atom stereocenters. The van der Waals surface area contributed by atoms with Gasteiger partial charge in [0.2, 0.25) is 0 Å². The lowest BCUT2D eigenvalue weighted by Gasteiger charge is -2.31. The second-order valence-electron chi connectivity index (χ2n) is 3.65. The third kappa shape index (κ3) is 3.36. The molecule has 0 amide bonds. The highest BCUT2D eigenvalue weighted by Gasteiger charge is 2.31. The number of sulfonamides is 1. The van der Waals surface area contributed by atoms with Crippen LogP contribution >= 0.6 is 35.3 Å². The van der Waals surface area contributed by atoms with Crippen LogP contribution in [-0.2, 0) is 14.8 Å². The van der Waals surface area contributed by atoms with Crippen LogP contribution in [0.1, 0.15) is 0 Å². The number of rotatable bonds is 3. The van der Waals surface area contributed by atoms with Crippen molar-refractivity contribution in [2.45, 2.75) is 10.3 Å². The molecule has 0 bridgehead atoms. The van der Waals surface area contributed by atoms with E-state index in [9.17, 15) is 8.42 Å². The van der Waals surface area contributed by atoms with Crippen LogP contribution < -0.4 is 5.73 Å². The SMILES string of the molecule is Cl.NCC1CN(S(=O)(=O)c2ccc(Cl)s2)CCO1. The highest BCUT2D eigenvalue weighted by Crippen LogP contribution is 2.28. The molecule has 1 aromatic rings. The topological polar surface area (TPSA) is 72.6 Å². The molecule has 0 saturated carbocycles. The van der Waals surface area contributed by atoms with Gasteiger partial charge in [0.1, 0.15) is 4.21 Å². The molecular formula is C9H14Cl2N2O3S2. The van der Waals surface area contributed by atoms with E-state index in [1.807, 2.05) is 0 Å². The molecule has 0 radical (unpaired) electrons. The van der Waals surface area contributed by atoms with E-state index in [0.717, 1.165) is 11.3 Å². The van der Waals surface area contributed by atoms with Gasteiger partial charge in [0.05, 0.1) is 17.0 Å². The highest BCUT2D eigenvalue weighted by atomic mass is 35.5. The van der Waals surface area contributed by atoms with Crippen LogP contribution in [0.2, 0.25) is 4.34 Å². The lowest BCUT2D eigenvalue weighted by atomic mass is 10.3. The van der Waals surface area contributed by atoms with Gasteiger partial charge < -0.3 is 10.5 Å². The van der Waals surface area contributed by atoms with Crippen molar-refractivity contribution in [2.75, 3.05) is 26.2 Å². The summed E-state index contributed by atoms with van der Waals surface area (Å²) in [5.74, 6) is 0. The van der Waals surface area contributed by atoms with E-state index in [1.165, 1.54) is 10.4 Å².